The standard InChI is InChI=1S/C27H29N5O5S/c1-4-5-8-15-31-24-10-7-6-9-21(24)26(27(31)33)29-28-23-14-12-20(17-25(23)32(34)35)38(36,37)30-22-13-11-18(2)16-19(22)3/h6-7,9-14,16-17,30,33H,4-5,8,15H2,1-3H3. The van der Waals surface area contributed by atoms with Crippen LogP contribution in [0.4, 0.5) is 22.7 Å². The van der Waals surface area contributed by atoms with Gasteiger partial charge in [-0.2, -0.15) is 0 Å². The number of para-hydroxylation sites is 1. The number of fused-ring (bicyclic) bond motifs is 1. The van der Waals surface area contributed by atoms with Gasteiger partial charge in [0.05, 0.1) is 21.0 Å². The zero-order valence-electron chi connectivity index (χ0n) is 21.4. The SMILES string of the molecule is CCCCCn1c(O)c(N=Nc2ccc(S(=O)(=O)Nc3ccc(C)cc3C)cc2[N+](=O)[O-])c2ccccc21. The summed E-state index contributed by atoms with van der Waals surface area (Å²) in [7, 11) is -4.10. The lowest BCUT2D eigenvalue weighted by molar-refractivity contribution is -0.384. The monoisotopic (exact) mass is 535 g/mol. The van der Waals surface area contributed by atoms with Gasteiger partial charge in [0.25, 0.3) is 15.7 Å². The van der Waals surface area contributed by atoms with Crippen molar-refractivity contribution in [1.82, 2.24) is 4.57 Å². The highest BCUT2D eigenvalue weighted by Gasteiger charge is 2.23. The minimum absolute atomic E-state index is 0.0782. The van der Waals surface area contributed by atoms with Crippen LogP contribution in [-0.2, 0) is 16.6 Å². The summed E-state index contributed by atoms with van der Waals surface area (Å²) >= 11 is 0. The zero-order valence-corrected chi connectivity index (χ0v) is 22.2. The van der Waals surface area contributed by atoms with E-state index in [2.05, 4.69) is 21.9 Å². The summed E-state index contributed by atoms with van der Waals surface area (Å²) in [5.41, 5.74) is 2.40. The lowest BCUT2D eigenvalue weighted by Crippen LogP contribution is -2.14. The average Bonchev–Trinajstić information content (AvgIpc) is 3.15. The summed E-state index contributed by atoms with van der Waals surface area (Å²) in [6.07, 6.45) is 2.90. The molecule has 1 aromatic heterocycles. The van der Waals surface area contributed by atoms with Crippen molar-refractivity contribution in [2.45, 2.75) is 51.5 Å². The number of hydrogen-bond donors (Lipinski definition) is 2. The van der Waals surface area contributed by atoms with E-state index < -0.39 is 20.6 Å². The van der Waals surface area contributed by atoms with E-state index in [1.807, 2.05) is 31.2 Å². The number of azo groups is 1. The Morgan fingerprint density at radius 1 is 1.03 bits per heavy atom. The topological polar surface area (TPSA) is 139 Å². The summed E-state index contributed by atoms with van der Waals surface area (Å²) in [6, 6.07) is 16.0. The second-order valence-corrected chi connectivity index (χ2v) is 10.8. The Labute approximate surface area is 220 Å². The lowest BCUT2D eigenvalue weighted by Gasteiger charge is -2.11. The van der Waals surface area contributed by atoms with Crippen LogP contribution in [0.15, 0.2) is 75.8 Å². The molecule has 0 aliphatic heterocycles. The molecule has 0 radical (unpaired) electrons. The number of nitro benzene ring substituents is 1. The number of aromatic hydroxyl groups is 1. The van der Waals surface area contributed by atoms with Crippen LogP contribution in [0, 0.1) is 24.0 Å². The molecule has 4 aromatic rings. The van der Waals surface area contributed by atoms with Gasteiger partial charge in [0.2, 0.25) is 5.88 Å². The van der Waals surface area contributed by atoms with Gasteiger partial charge >= 0.3 is 0 Å². The van der Waals surface area contributed by atoms with Crippen LogP contribution >= 0.6 is 0 Å². The molecule has 0 fully saturated rings. The maximum Gasteiger partial charge on any atom is 0.298 e. The number of nitrogens with one attached hydrogen (secondary N) is 1. The number of unbranched alkanes of at least 4 members (excludes halogenated alkanes) is 2. The highest BCUT2D eigenvalue weighted by Crippen LogP contribution is 2.41. The van der Waals surface area contributed by atoms with Crippen LogP contribution < -0.4 is 4.72 Å². The minimum Gasteiger partial charge on any atom is -0.493 e. The van der Waals surface area contributed by atoms with Gasteiger partial charge in [-0.05, 0) is 50.1 Å². The summed E-state index contributed by atoms with van der Waals surface area (Å²) in [4.78, 5) is 10.8. The van der Waals surface area contributed by atoms with E-state index in [-0.39, 0.29) is 22.2 Å². The van der Waals surface area contributed by atoms with Crippen LogP contribution in [-0.4, -0.2) is 23.0 Å². The molecule has 0 aliphatic rings. The largest absolute Gasteiger partial charge is 0.493 e. The molecule has 0 saturated heterocycles. The number of anilines is 1. The van der Waals surface area contributed by atoms with Crippen molar-refractivity contribution < 1.29 is 18.4 Å². The van der Waals surface area contributed by atoms with Crippen molar-refractivity contribution in [1.29, 1.82) is 0 Å². The third kappa shape index (κ3) is 5.52. The molecule has 11 heteroatoms. The second kappa shape index (κ2) is 11.0. The fourth-order valence-corrected chi connectivity index (χ4v) is 5.40. The summed E-state index contributed by atoms with van der Waals surface area (Å²) in [6.45, 7) is 6.35. The van der Waals surface area contributed by atoms with Crippen molar-refractivity contribution >= 4 is 43.7 Å². The number of sulfonamides is 1. The van der Waals surface area contributed by atoms with Gasteiger partial charge in [0, 0.05) is 18.0 Å². The molecule has 10 nitrogen and oxygen atoms in total. The van der Waals surface area contributed by atoms with Gasteiger partial charge < -0.3 is 9.67 Å². The van der Waals surface area contributed by atoms with E-state index >= 15 is 0 Å². The van der Waals surface area contributed by atoms with Gasteiger partial charge in [-0.25, -0.2) is 8.42 Å². The van der Waals surface area contributed by atoms with Gasteiger partial charge in [-0.15, -0.1) is 10.2 Å². The predicted molar refractivity (Wildman–Crippen MR) is 147 cm³/mol. The molecule has 0 aliphatic carbocycles. The second-order valence-electron chi connectivity index (χ2n) is 9.08. The Kier molecular flexibility index (Phi) is 7.77. The summed E-state index contributed by atoms with van der Waals surface area (Å²) < 4.78 is 30.2. The maximum absolute atomic E-state index is 13.0. The van der Waals surface area contributed by atoms with Crippen molar-refractivity contribution in [2.24, 2.45) is 10.2 Å². The van der Waals surface area contributed by atoms with Gasteiger partial charge in [-0.1, -0.05) is 55.7 Å². The summed E-state index contributed by atoms with van der Waals surface area (Å²) in [5.74, 6) is -0.0782. The summed E-state index contributed by atoms with van der Waals surface area (Å²) in [5, 5.41) is 31.6. The van der Waals surface area contributed by atoms with Crippen molar-refractivity contribution in [3.63, 3.8) is 0 Å². The third-order valence-corrected chi connectivity index (χ3v) is 7.60. The molecule has 2 N–H and O–H groups in total. The molecule has 0 bridgehead atoms. The maximum atomic E-state index is 13.0. The number of aryl methyl sites for hydroxylation is 3. The predicted octanol–water partition coefficient (Wildman–Crippen LogP) is 7.28. The number of rotatable bonds is 10. The molecule has 1 heterocycles. The molecular formula is C27H29N5O5S. The first-order chi connectivity index (χ1) is 18.1. The van der Waals surface area contributed by atoms with E-state index in [0.29, 0.717) is 17.6 Å². The number of benzene rings is 3. The van der Waals surface area contributed by atoms with Gasteiger partial charge in [-0.3, -0.25) is 14.8 Å². The normalized spacial score (nSPS) is 11.9. The van der Waals surface area contributed by atoms with Crippen molar-refractivity contribution in [3.05, 3.63) is 81.9 Å². The van der Waals surface area contributed by atoms with Crippen LogP contribution in [0.5, 0.6) is 5.88 Å². The molecule has 0 amide bonds. The van der Waals surface area contributed by atoms with Crippen molar-refractivity contribution in [3.8, 4) is 5.88 Å². The van der Waals surface area contributed by atoms with E-state index in [1.54, 1.807) is 29.7 Å². The lowest BCUT2D eigenvalue weighted by atomic mass is 10.1. The average molecular weight is 536 g/mol. The van der Waals surface area contributed by atoms with E-state index in [4.69, 9.17) is 0 Å². The smallest absolute Gasteiger partial charge is 0.298 e. The number of hydrogen-bond acceptors (Lipinski definition) is 7. The third-order valence-electron chi connectivity index (χ3n) is 6.24. The molecular weight excluding hydrogens is 506 g/mol. The molecule has 198 valence electrons. The Hall–Kier alpha value is -4.25. The molecule has 0 unspecified atom stereocenters. The van der Waals surface area contributed by atoms with Crippen LogP contribution in [0.25, 0.3) is 10.9 Å². The van der Waals surface area contributed by atoms with Gasteiger partial charge in [0.15, 0.2) is 11.4 Å². The Bertz CT molecular complexity index is 1640. The molecule has 0 atom stereocenters. The first-order valence-electron chi connectivity index (χ1n) is 12.2. The Balaban J connectivity index is 1.69. The fourth-order valence-electron chi connectivity index (χ4n) is 4.25. The molecule has 4 rings (SSSR count). The number of nitrogens with zero attached hydrogens (tertiary/aromatic N) is 4. The Morgan fingerprint density at radius 2 is 1.79 bits per heavy atom. The zero-order chi connectivity index (χ0) is 27.4. The highest BCUT2D eigenvalue weighted by molar-refractivity contribution is 7.92. The van der Waals surface area contributed by atoms with Crippen LogP contribution in [0.2, 0.25) is 0 Å². The van der Waals surface area contributed by atoms with E-state index in [1.165, 1.54) is 12.1 Å². The highest BCUT2D eigenvalue weighted by atomic mass is 32.2. The molecule has 3 aromatic carbocycles. The van der Waals surface area contributed by atoms with Crippen molar-refractivity contribution in [2.75, 3.05) is 4.72 Å². The van der Waals surface area contributed by atoms with E-state index in [0.717, 1.165) is 42.0 Å². The Morgan fingerprint density at radius 3 is 2.50 bits per heavy atom. The number of aromatic nitrogens is 1. The molecule has 0 spiro atoms. The minimum atomic E-state index is -4.10. The molecule has 0 saturated carbocycles. The van der Waals surface area contributed by atoms with Gasteiger partial charge in [0.1, 0.15) is 0 Å². The fraction of sp³-hybridized carbons (Fsp3) is 0.259. The van der Waals surface area contributed by atoms with Crippen LogP contribution in [0.1, 0.15) is 37.3 Å². The molecule has 38 heavy (non-hydrogen) atoms. The van der Waals surface area contributed by atoms with Crippen LogP contribution in [0.3, 0.4) is 0 Å². The quantitative estimate of drug-likeness (QED) is 0.0950. The first kappa shape index (κ1) is 26.8. The first-order valence-corrected chi connectivity index (χ1v) is 13.7. The number of nitro groups is 1. The van der Waals surface area contributed by atoms with E-state index in [9.17, 15) is 23.6 Å².